The fourth-order valence-corrected chi connectivity index (χ4v) is 3.16. The van der Waals surface area contributed by atoms with Crippen molar-refractivity contribution in [2.75, 3.05) is 5.32 Å². The van der Waals surface area contributed by atoms with Gasteiger partial charge < -0.3 is 15.0 Å². The summed E-state index contributed by atoms with van der Waals surface area (Å²) >= 11 is 0. The Balaban J connectivity index is 1.53. The minimum Gasteiger partial charge on any atom is -0.454 e. The third-order valence-electron chi connectivity index (χ3n) is 5.06. The molecule has 6 heteroatoms. The van der Waals surface area contributed by atoms with E-state index in [0.29, 0.717) is 17.7 Å². The topological polar surface area (TPSA) is 88.3 Å². The molecule has 0 aliphatic carbocycles. The molecule has 1 heterocycles. The fourth-order valence-electron chi connectivity index (χ4n) is 3.16. The first-order valence-corrected chi connectivity index (χ1v) is 10.4. The fraction of sp³-hybridized carbons (Fsp3) is 0.320. The highest BCUT2D eigenvalue weighted by molar-refractivity contribution is 6.01. The highest BCUT2D eigenvalue weighted by Gasteiger charge is 2.22. The van der Waals surface area contributed by atoms with Gasteiger partial charge in [0.25, 0.3) is 0 Å². The number of anilines is 1. The second-order valence-corrected chi connectivity index (χ2v) is 8.64. The van der Waals surface area contributed by atoms with Crippen molar-refractivity contribution in [3.8, 4) is 0 Å². The third kappa shape index (κ3) is 5.60. The van der Waals surface area contributed by atoms with Gasteiger partial charge in [0.1, 0.15) is 0 Å². The van der Waals surface area contributed by atoms with E-state index in [1.807, 2.05) is 51.2 Å². The Labute approximate surface area is 182 Å². The van der Waals surface area contributed by atoms with Crippen LogP contribution in [0.1, 0.15) is 50.0 Å². The van der Waals surface area contributed by atoms with E-state index in [9.17, 15) is 14.4 Å². The van der Waals surface area contributed by atoms with Gasteiger partial charge in [-0.05, 0) is 49.2 Å². The van der Waals surface area contributed by atoms with Crippen molar-refractivity contribution < 1.29 is 19.1 Å². The predicted molar refractivity (Wildman–Crippen MR) is 121 cm³/mol. The number of carbonyl (C=O) groups excluding carboxylic acids is 3. The first-order valence-electron chi connectivity index (χ1n) is 10.4. The molecule has 0 saturated heterocycles. The quantitative estimate of drug-likeness (QED) is 0.420. The molecule has 0 aliphatic heterocycles. The summed E-state index contributed by atoms with van der Waals surface area (Å²) in [5.41, 5.74) is 2.59. The van der Waals surface area contributed by atoms with Gasteiger partial charge in [-0.15, -0.1) is 0 Å². The van der Waals surface area contributed by atoms with Gasteiger partial charge in [-0.2, -0.15) is 0 Å². The summed E-state index contributed by atoms with van der Waals surface area (Å²) in [7, 11) is 0. The number of ketones is 1. The van der Waals surface area contributed by atoms with E-state index in [-0.39, 0.29) is 18.1 Å². The Bertz CT molecular complexity index is 1090. The normalized spacial score (nSPS) is 12.4. The van der Waals surface area contributed by atoms with E-state index in [0.717, 1.165) is 16.5 Å². The van der Waals surface area contributed by atoms with Crippen molar-refractivity contribution in [2.24, 2.45) is 5.41 Å². The number of hydrogen-bond acceptors (Lipinski definition) is 4. The molecule has 0 bridgehead atoms. The number of H-pyrrole nitrogens is 1. The highest BCUT2D eigenvalue weighted by Crippen LogP contribution is 2.20. The van der Waals surface area contributed by atoms with E-state index >= 15 is 0 Å². The number of Topliss-reactive ketones (excluding diaryl/α,β-unsaturated/α-hetero) is 1. The SMILES string of the molecule is C[C@H](OC(=O)CCc1c[nH]c2ccccc12)C(=O)c1ccc(NC(=O)C(C)(C)C)cc1. The molecule has 0 spiro atoms. The van der Waals surface area contributed by atoms with Crippen molar-refractivity contribution >= 4 is 34.3 Å². The Morgan fingerprint density at radius 3 is 2.39 bits per heavy atom. The van der Waals surface area contributed by atoms with Crippen LogP contribution in [-0.4, -0.2) is 28.7 Å². The average molecular weight is 421 g/mol. The van der Waals surface area contributed by atoms with Crippen molar-refractivity contribution in [3.63, 3.8) is 0 Å². The molecular formula is C25H28N2O4. The van der Waals surface area contributed by atoms with Crippen LogP contribution in [0.2, 0.25) is 0 Å². The van der Waals surface area contributed by atoms with Crippen LogP contribution < -0.4 is 5.32 Å². The maximum absolute atomic E-state index is 12.6. The molecular weight excluding hydrogens is 392 g/mol. The number of aryl methyl sites for hydroxylation is 1. The zero-order valence-corrected chi connectivity index (χ0v) is 18.3. The summed E-state index contributed by atoms with van der Waals surface area (Å²) in [6, 6.07) is 14.5. The largest absolute Gasteiger partial charge is 0.454 e. The smallest absolute Gasteiger partial charge is 0.306 e. The monoisotopic (exact) mass is 420 g/mol. The van der Waals surface area contributed by atoms with Gasteiger partial charge in [0, 0.05) is 40.2 Å². The molecule has 1 amide bonds. The standard InChI is InChI=1S/C25H28N2O4/c1-16(23(29)17-9-12-19(13-10-17)27-24(30)25(2,3)4)31-22(28)14-11-18-15-26-21-8-6-5-7-20(18)21/h5-10,12-13,15-16,26H,11,14H2,1-4H3,(H,27,30)/t16-/m0/s1. The van der Waals surface area contributed by atoms with Crippen LogP contribution in [0.5, 0.6) is 0 Å². The van der Waals surface area contributed by atoms with Crippen molar-refractivity contribution in [1.29, 1.82) is 0 Å². The van der Waals surface area contributed by atoms with Gasteiger partial charge >= 0.3 is 5.97 Å². The Morgan fingerprint density at radius 2 is 1.71 bits per heavy atom. The number of para-hydroxylation sites is 1. The van der Waals surface area contributed by atoms with Gasteiger partial charge in [-0.3, -0.25) is 14.4 Å². The van der Waals surface area contributed by atoms with Crippen LogP contribution in [0.15, 0.2) is 54.7 Å². The predicted octanol–water partition coefficient (Wildman–Crippen LogP) is 4.90. The molecule has 3 rings (SSSR count). The van der Waals surface area contributed by atoms with Crippen molar-refractivity contribution in [2.45, 2.75) is 46.6 Å². The van der Waals surface area contributed by atoms with Crippen LogP contribution in [-0.2, 0) is 20.7 Å². The first kappa shape index (κ1) is 22.3. The molecule has 6 nitrogen and oxygen atoms in total. The van der Waals surface area contributed by atoms with Crippen LogP contribution >= 0.6 is 0 Å². The lowest BCUT2D eigenvalue weighted by atomic mass is 9.95. The van der Waals surface area contributed by atoms with Crippen LogP contribution in [0, 0.1) is 5.41 Å². The van der Waals surface area contributed by atoms with Gasteiger partial charge in [0.15, 0.2) is 6.10 Å². The number of esters is 1. The lowest BCUT2D eigenvalue weighted by Crippen LogP contribution is -2.27. The van der Waals surface area contributed by atoms with E-state index in [1.54, 1.807) is 31.2 Å². The highest BCUT2D eigenvalue weighted by atomic mass is 16.5. The number of aromatic nitrogens is 1. The summed E-state index contributed by atoms with van der Waals surface area (Å²) in [6.07, 6.45) is 1.74. The van der Waals surface area contributed by atoms with Crippen LogP contribution in [0.25, 0.3) is 10.9 Å². The number of amides is 1. The molecule has 1 atom stereocenters. The summed E-state index contributed by atoms with van der Waals surface area (Å²) in [5, 5.41) is 3.90. The molecule has 0 radical (unpaired) electrons. The number of benzene rings is 2. The second-order valence-electron chi connectivity index (χ2n) is 8.64. The Kier molecular flexibility index (Phi) is 6.59. The summed E-state index contributed by atoms with van der Waals surface area (Å²) in [6.45, 7) is 7.06. The minimum atomic E-state index is -0.884. The third-order valence-corrected chi connectivity index (χ3v) is 5.06. The molecule has 162 valence electrons. The number of rotatable bonds is 7. The number of carbonyl (C=O) groups is 3. The zero-order valence-electron chi connectivity index (χ0n) is 18.3. The number of aromatic amines is 1. The Morgan fingerprint density at radius 1 is 1.03 bits per heavy atom. The van der Waals surface area contributed by atoms with E-state index < -0.39 is 17.5 Å². The van der Waals surface area contributed by atoms with Gasteiger partial charge in [0.2, 0.25) is 11.7 Å². The number of fused-ring (bicyclic) bond motifs is 1. The van der Waals surface area contributed by atoms with Gasteiger partial charge in [-0.25, -0.2) is 0 Å². The summed E-state index contributed by atoms with van der Waals surface area (Å²) in [4.78, 5) is 40.1. The lowest BCUT2D eigenvalue weighted by molar-refractivity contribution is -0.146. The molecule has 0 unspecified atom stereocenters. The second kappa shape index (κ2) is 9.16. The molecule has 2 N–H and O–H groups in total. The molecule has 0 saturated carbocycles. The van der Waals surface area contributed by atoms with E-state index in [1.165, 1.54) is 0 Å². The molecule has 1 aromatic heterocycles. The van der Waals surface area contributed by atoms with E-state index in [4.69, 9.17) is 4.74 Å². The van der Waals surface area contributed by atoms with Crippen LogP contribution in [0.3, 0.4) is 0 Å². The molecule has 31 heavy (non-hydrogen) atoms. The molecule has 0 fully saturated rings. The maximum Gasteiger partial charge on any atom is 0.306 e. The minimum absolute atomic E-state index is 0.107. The molecule has 2 aromatic carbocycles. The number of hydrogen-bond donors (Lipinski definition) is 2. The molecule has 3 aromatic rings. The van der Waals surface area contributed by atoms with Gasteiger partial charge in [0.05, 0.1) is 0 Å². The van der Waals surface area contributed by atoms with E-state index in [2.05, 4.69) is 10.3 Å². The Hall–Kier alpha value is -3.41. The number of nitrogens with one attached hydrogen (secondary N) is 2. The lowest BCUT2D eigenvalue weighted by Gasteiger charge is -2.18. The van der Waals surface area contributed by atoms with Gasteiger partial charge in [-0.1, -0.05) is 39.0 Å². The summed E-state index contributed by atoms with van der Waals surface area (Å²) < 4.78 is 5.35. The summed E-state index contributed by atoms with van der Waals surface area (Å²) in [5.74, 6) is -0.807. The zero-order chi connectivity index (χ0) is 22.6. The molecule has 0 aliphatic rings. The average Bonchev–Trinajstić information content (AvgIpc) is 3.14. The first-order chi connectivity index (χ1) is 14.6. The van der Waals surface area contributed by atoms with Crippen molar-refractivity contribution in [1.82, 2.24) is 4.98 Å². The van der Waals surface area contributed by atoms with Crippen LogP contribution in [0.4, 0.5) is 5.69 Å². The maximum atomic E-state index is 12.6. The van der Waals surface area contributed by atoms with Crippen molar-refractivity contribution in [3.05, 3.63) is 65.9 Å². The number of ether oxygens (including phenoxy) is 1.